The van der Waals surface area contributed by atoms with Gasteiger partial charge in [-0.05, 0) is 70.1 Å². The summed E-state index contributed by atoms with van der Waals surface area (Å²) in [6.45, 7) is 10.5. The first-order valence-corrected chi connectivity index (χ1v) is 10.6. The normalized spacial score (nSPS) is 22.2. The van der Waals surface area contributed by atoms with Crippen molar-refractivity contribution in [3.8, 4) is 0 Å². The van der Waals surface area contributed by atoms with Crippen molar-refractivity contribution in [1.82, 2.24) is 9.47 Å². The van der Waals surface area contributed by atoms with Crippen molar-refractivity contribution in [3.63, 3.8) is 0 Å². The van der Waals surface area contributed by atoms with Crippen LogP contribution in [-0.2, 0) is 24.1 Å². The van der Waals surface area contributed by atoms with E-state index in [9.17, 15) is 4.79 Å². The second kappa shape index (κ2) is 7.75. The second-order valence-corrected chi connectivity index (χ2v) is 8.65. The van der Waals surface area contributed by atoms with E-state index in [-0.39, 0.29) is 18.1 Å². The topological polar surface area (TPSA) is 34.5 Å². The molecule has 1 amide bonds. The lowest BCUT2D eigenvalue weighted by Gasteiger charge is -2.35. The average Bonchev–Trinajstić information content (AvgIpc) is 2.93. The molecule has 28 heavy (non-hydrogen) atoms. The van der Waals surface area contributed by atoms with Gasteiger partial charge in [-0.2, -0.15) is 0 Å². The molecule has 2 unspecified atom stereocenters. The van der Waals surface area contributed by atoms with Crippen LogP contribution in [0.1, 0.15) is 65.1 Å². The molecule has 0 spiro atoms. The van der Waals surface area contributed by atoms with Gasteiger partial charge in [-0.3, -0.25) is 4.79 Å². The van der Waals surface area contributed by atoms with Gasteiger partial charge in [-0.15, -0.1) is 0 Å². The second-order valence-electron chi connectivity index (χ2n) is 8.65. The molecule has 1 aliphatic heterocycles. The lowest BCUT2D eigenvalue weighted by atomic mass is 9.95. The third-order valence-electron chi connectivity index (χ3n) is 6.17. The van der Waals surface area contributed by atoms with Crippen LogP contribution in [0, 0.1) is 13.8 Å². The molecule has 4 nitrogen and oxygen atoms in total. The zero-order valence-electron chi connectivity index (χ0n) is 17.6. The minimum absolute atomic E-state index is 0.0859. The number of amides is 1. The van der Waals surface area contributed by atoms with Crippen LogP contribution in [0.15, 0.2) is 24.3 Å². The maximum atomic E-state index is 13.7. The molecular formula is C24H32N2O2. The first kappa shape index (κ1) is 19.3. The number of rotatable bonds is 3. The largest absolute Gasteiger partial charge is 0.372 e. The molecule has 0 saturated carbocycles. The van der Waals surface area contributed by atoms with Crippen molar-refractivity contribution in [3.05, 3.63) is 57.9 Å². The Morgan fingerprint density at radius 3 is 2.54 bits per heavy atom. The van der Waals surface area contributed by atoms with Gasteiger partial charge in [-0.25, -0.2) is 0 Å². The third kappa shape index (κ3) is 3.62. The number of hydrogen-bond acceptors (Lipinski definition) is 2. The SMILES string of the molecule is Cc1cccc(Cn2c3c(c(C)c2C(=O)N2CC(C)OC(C)C2)CCCC3)c1. The summed E-state index contributed by atoms with van der Waals surface area (Å²) in [5.41, 5.74) is 7.41. The highest BCUT2D eigenvalue weighted by Crippen LogP contribution is 2.32. The number of aryl methyl sites for hydroxylation is 1. The van der Waals surface area contributed by atoms with E-state index < -0.39 is 0 Å². The van der Waals surface area contributed by atoms with Crippen LogP contribution in [0.3, 0.4) is 0 Å². The van der Waals surface area contributed by atoms with Crippen molar-refractivity contribution >= 4 is 5.91 Å². The Balaban J connectivity index is 1.75. The van der Waals surface area contributed by atoms with E-state index in [1.807, 2.05) is 4.90 Å². The van der Waals surface area contributed by atoms with Gasteiger partial charge in [-0.1, -0.05) is 29.8 Å². The number of aromatic nitrogens is 1. The Morgan fingerprint density at radius 1 is 1.11 bits per heavy atom. The van der Waals surface area contributed by atoms with Gasteiger partial charge >= 0.3 is 0 Å². The lowest BCUT2D eigenvalue weighted by molar-refractivity contribution is -0.0588. The van der Waals surface area contributed by atoms with E-state index >= 15 is 0 Å². The van der Waals surface area contributed by atoms with E-state index in [1.54, 1.807) is 0 Å². The molecule has 0 N–H and O–H groups in total. The Morgan fingerprint density at radius 2 is 1.82 bits per heavy atom. The van der Waals surface area contributed by atoms with Crippen molar-refractivity contribution in [2.24, 2.45) is 0 Å². The molecule has 1 aromatic heterocycles. The molecule has 1 fully saturated rings. The molecule has 1 aromatic carbocycles. The van der Waals surface area contributed by atoms with E-state index in [1.165, 1.54) is 40.8 Å². The summed E-state index contributed by atoms with van der Waals surface area (Å²) < 4.78 is 8.18. The molecule has 2 aliphatic rings. The van der Waals surface area contributed by atoms with Crippen molar-refractivity contribution in [1.29, 1.82) is 0 Å². The highest BCUT2D eigenvalue weighted by Gasteiger charge is 2.32. The monoisotopic (exact) mass is 380 g/mol. The van der Waals surface area contributed by atoms with Crippen LogP contribution in [0.4, 0.5) is 0 Å². The maximum Gasteiger partial charge on any atom is 0.270 e. The quantitative estimate of drug-likeness (QED) is 0.796. The van der Waals surface area contributed by atoms with Gasteiger partial charge in [0, 0.05) is 25.3 Å². The summed E-state index contributed by atoms with van der Waals surface area (Å²) in [5, 5.41) is 0. The molecule has 4 rings (SSSR count). The van der Waals surface area contributed by atoms with E-state index in [2.05, 4.69) is 56.5 Å². The number of carbonyl (C=O) groups excluding carboxylic acids is 1. The zero-order valence-corrected chi connectivity index (χ0v) is 17.6. The van der Waals surface area contributed by atoms with Crippen LogP contribution < -0.4 is 0 Å². The van der Waals surface area contributed by atoms with Crippen LogP contribution in [0.25, 0.3) is 0 Å². The van der Waals surface area contributed by atoms with E-state index in [0.717, 1.165) is 25.1 Å². The van der Waals surface area contributed by atoms with Crippen molar-refractivity contribution in [2.45, 2.75) is 72.1 Å². The number of nitrogens with zero attached hydrogens (tertiary/aromatic N) is 2. The summed E-state index contributed by atoms with van der Waals surface area (Å²) in [6, 6.07) is 8.64. The van der Waals surface area contributed by atoms with Gasteiger partial charge in [0.1, 0.15) is 5.69 Å². The minimum atomic E-state index is 0.0859. The lowest BCUT2D eigenvalue weighted by Crippen LogP contribution is -2.48. The highest BCUT2D eigenvalue weighted by atomic mass is 16.5. The van der Waals surface area contributed by atoms with Gasteiger partial charge in [0.25, 0.3) is 5.91 Å². The van der Waals surface area contributed by atoms with Crippen LogP contribution in [0.5, 0.6) is 0 Å². The fourth-order valence-corrected chi connectivity index (χ4v) is 5.01. The summed E-state index contributed by atoms with van der Waals surface area (Å²) in [5.74, 6) is 0.168. The first-order valence-electron chi connectivity index (χ1n) is 10.6. The van der Waals surface area contributed by atoms with Gasteiger partial charge in [0.05, 0.1) is 12.2 Å². The fraction of sp³-hybridized carbons (Fsp3) is 0.542. The number of ether oxygens (including phenoxy) is 1. The number of morpholine rings is 1. The number of benzene rings is 1. The van der Waals surface area contributed by atoms with Crippen molar-refractivity contribution in [2.75, 3.05) is 13.1 Å². The molecule has 1 aliphatic carbocycles. The predicted octanol–water partition coefficient (Wildman–Crippen LogP) is 4.28. The third-order valence-corrected chi connectivity index (χ3v) is 6.17. The standard InChI is InChI=1S/C24H32N2O2/c1-16-8-7-9-20(12-16)15-26-22-11-6-5-10-21(22)19(4)23(26)24(27)25-13-17(2)28-18(3)14-25/h7-9,12,17-18H,5-6,10-11,13-15H2,1-4H3. The maximum absolute atomic E-state index is 13.7. The van der Waals surface area contributed by atoms with Crippen LogP contribution >= 0.6 is 0 Å². The number of carbonyl (C=O) groups is 1. The Hall–Kier alpha value is -2.07. The average molecular weight is 381 g/mol. The van der Waals surface area contributed by atoms with Crippen LogP contribution in [-0.4, -0.2) is 40.7 Å². The summed E-state index contributed by atoms with van der Waals surface area (Å²) in [4.78, 5) is 15.7. The minimum Gasteiger partial charge on any atom is -0.372 e. The smallest absolute Gasteiger partial charge is 0.270 e. The van der Waals surface area contributed by atoms with Crippen LogP contribution in [0.2, 0.25) is 0 Å². The van der Waals surface area contributed by atoms with Crippen molar-refractivity contribution < 1.29 is 9.53 Å². The van der Waals surface area contributed by atoms with E-state index in [4.69, 9.17) is 4.74 Å². The molecular weight excluding hydrogens is 348 g/mol. The van der Waals surface area contributed by atoms with Gasteiger partial charge in [0.15, 0.2) is 0 Å². The molecule has 2 atom stereocenters. The molecule has 2 aromatic rings. The molecule has 150 valence electrons. The zero-order chi connectivity index (χ0) is 19.8. The summed E-state index contributed by atoms with van der Waals surface area (Å²) in [7, 11) is 0. The fourth-order valence-electron chi connectivity index (χ4n) is 5.01. The summed E-state index contributed by atoms with van der Waals surface area (Å²) in [6.07, 6.45) is 4.78. The number of fused-ring (bicyclic) bond motifs is 1. The first-order chi connectivity index (χ1) is 13.4. The molecule has 0 radical (unpaired) electrons. The highest BCUT2D eigenvalue weighted by molar-refractivity contribution is 5.95. The molecule has 0 bridgehead atoms. The number of hydrogen-bond donors (Lipinski definition) is 0. The Kier molecular flexibility index (Phi) is 5.33. The molecule has 2 heterocycles. The Bertz CT molecular complexity index is 873. The summed E-state index contributed by atoms with van der Waals surface area (Å²) >= 11 is 0. The predicted molar refractivity (Wildman–Crippen MR) is 112 cm³/mol. The van der Waals surface area contributed by atoms with E-state index in [0.29, 0.717) is 13.1 Å². The molecule has 4 heteroatoms. The molecule has 1 saturated heterocycles. The van der Waals surface area contributed by atoms with Gasteiger partial charge in [0.2, 0.25) is 0 Å². The van der Waals surface area contributed by atoms with Gasteiger partial charge < -0.3 is 14.2 Å². The Labute approximate surface area is 168 Å².